The number of carbonyl (C=O) groups excluding carboxylic acids is 1. The fraction of sp³-hybridized carbons (Fsp3) is 0.200. The minimum absolute atomic E-state index is 0.0198. The Balaban J connectivity index is 1.40. The summed E-state index contributed by atoms with van der Waals surface area (Å²) < 4.78 is 9.80. The summed E-state index contributed by atoms with van der Waals surface area (Å²) in [5.74, 6) is 1.67. The summed E-state index contributed by atoms with van der Waals surface area (Å²) >= 11 is 0. The molecule has 2 aromatic carbocycles. The number of ether oxygens (including phenoxy) is 1. The maximum absolute atomic E-state index is 12.8. The molecule has 5 rings (SSSR count). The molecule has 0 saturated carbocycles. The molecule has 0 radical (unpaired) electrons. The van der Waals surface area contributed by atoms with E-state index in [-0.39, 0.29) is 12.5 Å². The summed E-state index contributed by atoms with van der Waals surface area (Å²) in [4.78, 5) is 14.7. The van der Waals surface area contributed by atoms with Crippen LogP contribution in [0.4, 0.5) is 0 Å². The van der Waals surface area contributed by atoms with Crippen molar-refractivity contribution in [1.82, 2.24) is 19.2 Å². The third-order valence-corrected chi connectivity index (χ3v) is 5.65. The second kappa shape index (κ2) is 7.80. The Hall–Kier alpha value is -3.80. The number of fused-ring (bicyclic) bond motifs is 1. The van der Waals surface area contributed by atoms with Crippen molar-refractivity contribution in [3.05, 3.63) is 95.4 Å². The highest BCUT2D eigenvalue weighted by Gasteiger charge is 2.31. The predicted octanol–water partition coefficient (Wildman–Crippen LogP) is 4.20. The van der Waals surface area contributed by atoms with E-state index < -0.39 is 0 Å². The Morgan fingerprint density at radius 2 is 1.71 bits per heavy atom. The number of nitrogens with zero attached hydrogens (tertiary/aromatic N) is 4. The van der Waals surface area contributed by atoms with Gasteiger partial charge >= 0.3 is 0 Å². The van der Waals surface area contributed by atoms with Crippen LogP contribution in [0.15, 0.2) is 73.1 Å². The number of hydrogen-bond donors (Lipinski definition) is 0. The normalized spacial score (nSPS) is 12.8. The van der Waals surface area contributed by atoms with E-state index in [1.54, 1.807) is 0 Å². The minimum Gasteiger partial charge on any atom is -0.484 e. The van der Waals surface area contributed by atoms with Crippen molar-refractivity contribution in [3.8, 4) is 17.3 Å². The molecule has 31 heavy (non-hydrogen) atoms. The predicted molar refractivity (Wildman–Crippen MR) is 119 cm³/mol. The molecule has 0 aliphatic carbocycles. The molecule has 1 amide bonds. The molecule has 3 heterocycles. The average molecular weight is 412 g/mol. The zero-order valence-electron chi connectivity index (χ0n) is 17.7. The maximum Gasteiger partial charge on any atom is 0.261 e. The highest BCUT2D eigenvalue weighted by atomic mass is 16.5. The lowest BCUT2D eigenvalue weighted by Gasteiger charge is -2.18. The van der Waals surface area contributed by atoms with Gasteiger partial charge in [-0.2, -0.15) is 5.10 Å². The van der Waals surface area contributed by atoms with Gasteiger partial charge in [-0.1, -0.05) is 35.9 Å². The van der Waals surface area contributed by atoms with Gasteiger partial charge in [-0.15, -0.1) is 0 Å². The van der Waals surface area contributed by atoms with Crippen molar-refractivity contribution in [2.75, 3.05) is 6.61 Å². The number of benzene rings is 2. The first kappa shape index (κ1) is 19.2. The van der Waals surface area contributed by atoms with Gasteiger partial charge in [0.05, 0.1) is 24.5 Å². The zero-order chi connectivity index (χ0) is 21.4. The summed E-state index contributed by atoms with van der Waals surface area (Å²) in [6.07, 6.45) is 4.02. The van der Waals surface area contributed by atoms with Gasteiger partial charge in [-0.3, -0.25) is 4.79 Å². The van der Waals surface area contributed by atoms with E-state index in [4.69, 9.17) is 9.84 Å². The lowest BCUT2D eigenvalue weighted by Crippen LogP contribution is -2.31. The molecule has 0 fully saturated rings. The van der Waals surface area contributed by atoms with Crippen LogP contribution in [0.1, 0.15) is 22.4 Å². The zero-order valence-corrected chi connectivity index (χ0v) is 17.7. The molecule has 1 aliphatic heterocycles. The van der Waals surface area contributed by atoms with Gasteiger partial charge in [0.25, 0.3) is 5.91 Å². The van der Waals surface area contributed by atoms with E-state index in [0.717, 1.165) is 34.1 Å². The van der Waals surface area contributed by atoms with E-state index >= 15 is 0 Å². The molecular weight excluding hydrogens is 388 g/mol. The van der Waals surface area contributed by atoms with Crippen LogP contribution < -0.4 is 4.74 Å². The van der Waals surface area contributed by atoms with Gasteiger partial charge in [-0.25, -0.2) is 4.68 Å². The molecule has 0 bridgehead atoms. The fourth-order valence-electron chi connectivity index (χ4n) is 3.93. The van der Waals surface area contributed by atoms with Crippen molar-refractivity contribution >= 4 is 5.91 Å². The molecule has 0 unspecified atom stereocenters. The summed E-state index contributed by atoms with van der Waals surface area (Å²) in [5.41, 5.74) is 5.22. The quantitative estimate of drug-likeness (QED) is 0.494. The number of aryl methyl sites for hydroxylation is 2. The Bertz CT molecular complexity index is 1220. The Morgan fingerprint density at radius 3 is 2.45 bits per heavy atom. The van der Waals surface area contributed by atoms with Gasteiger partial charge < -0.3 is 14.2 Å². The molecule has 4 aromatic rings. The van der Waals surface area contributed by atoms with E-state index in [9.17, 15) is 4.79 Å². The van der Waals surface area contributed by atoms with Gasteiger partial charge in [-0.05, 0) is 49.7 Å². The first-order valence-electron chi connectivity index (χ1n) is 10.4. The third-order valence-electron chi connectivity index (χ3n) is 5.65. The Morgan fingerprint density at radius 1 is 0.968 bits per heavy atom. The molecule has 0 spiro atoms. The topological polar surface area (TPSA) is 52.3 Å². The summed E-state index contributed by atoms with van der Waals surface area (Å²) in [5, 5.41) is 4.87. The molecular formula is C25H24N4O2. The Labute approximate surface area is 181 Å². The van der Waals surface area contributed by atoms with E-state index in [2.05, 4.69) is 35.8 Å². The lowest BCUT2D eigenvalue weighted by atomic mass is 10.2. The second-order valence-electron chi connectivity index (χ2n) is 7.89. The number of hydrogen-bond acceptors (Lipinski definition) is 3. The van der Waals surface area contributed by atoms with Crippen molar-refractivity contribution < 1.29 is 9.53 Å². The van der Waals surface area contributed by atoms with Crippen LogP contribution in [0, 0.1) is 13.8 Å². The molecule has 0 saturated heterocycles. The summed E-state index contributed by atoms with van der Waals surface area (Å²) in [7, 11) is 0. The highest BCUT2D eigenvalue weighted by molar-refractivity contribution is 5.78. The number of aromatic nitrogens is 3. The van der Waals surface area contributed by atoms with E-state index in [1.165, 1.54) is 5.56 Å². The molecule has 1 aliphatic rings. The molecule has 156 valence electrons. The van der Waals surface area contributed by atoms with Crippen molar-refractivity contribution in [2.45, 2.75) is 26.9 Å². The number of carbonyl (C=O) groups is 1. The van der Waals surface area contributed by atoms with Gasteiger partial charge in [0.2, 0.25) is 0 Å². The molecule has 6 heteroatoms. The smallest absolute Gasteiger partial charge is 0.261 e. The van der Waals surface area contributed by atoms with Crippen molar-refractivity contribution in [3.63, 3.8) is 0 Å². The number of para-hydroxylation sites is 1. The average Bonchev–Trinajstić information content (AvgIpc) is 3.49. The number of rotatable bonds is 5. The van der Waals surface area contributed by atoms with Crippen LogP contribution in [0.2, 0.25) is 0 Å². The van der Waals surface area contributed by atoms with Crippen molar-refractivity contribution in [2.24, 2.45) is 0 Å². The molecule has 2 aromatic heterocycles. The van der Waals surface area contributed by atoms with Crippen LogP contribution in [0.5, 0.6) is 5.75 Å². The van der Waals surface area contributed by atoms with Crippen LogP contribution in [-0.2, 0) is 17.9 Å². The van der Waals surface area contributed by atoms with Crippen LogP contribution in [0.25, 0.3) is 11.5 Å². The highest BCUT2D eigenvalue weighted by Crippen LogP contribution is 2.30. The SMILES string of the molecule is Cc1ccc(-n2nc3c(c2-n2cccc2)CN(C(=O)COc2ccccc2C)C3)cc1. The van der Waals surface area contributed by atoms with Crippen LogP contribution in [-0.4, -0.2) is 31.8 Å². The van der Waals surface area contributed by atoms with Gasteiger partial charge in [0, 0.05) is 18.0 Å². The maximum atomic E-state index is 12.8. The minimum atomic E-state index is -0.0402. The van der Waals surface area contributed by atoms with Gasteiger partial charge in [0.1, 0.15) is 11.6 Å². The molecule has 6 nitrogen and oxygen atoms in total. The first-order valence-corrected chi connectivity index (χ1v) is 10.4. The van der Waals surface area contributed by atoms with Crippen LogP contribution in [0.3, 0.4) is 0 Å². The monoisotopic (exact) mass is 412 g/mol. The number of amides is 1. The molecule has 0 N–H and O–H groups in total. The first-order chi connectivity index (χ1) is 15.1. The van der Waals surface area contributed by atoms with E-state index in [0.29, 0.717) is 13.1 Å². The van der Waals surface area contributed by atoms with Crippen molar-refractivity contribution in [1.29, 1.82) is 0 Å². The standard InChI is InChI=1S/C25H24N4O2/c1-18-9-11-20(12-10-18)29-25(27-13-5-6-14-27)21-15-28(16-22(21)26-29)24(30)17-31-23-8-4-3-7-19(23)2/h3-14H,15-17H2,1-2H3. The summed E-state index contributed by atoms with van der Waals surface area (Å²) in [6, 6.07) is 20.0. The lowest BCUT2D eigenvalue weighted by molar-refractivity contribution is -0.134. The van der Waals surface area contributed by atoms with E-state index in [1.807, 2.05) is 65.3 Å². The third kappa shape index (κ3) is 3.61. The van der Waals surface area contributed by atoms with Gasteiger partial charge in [0.15, 0.2) is 6.61 Å². The molecule has 0 atom stereocenters. The van der Waals surface area contributed by atoms with Crippen LogP contribution >= 0.6 is 0 Å². The summed E-state index contributed by atoms with van der Waals surface area (Å²) in [6.45, 7) is 5.07. The Kier molecular flexibility index (Phi) is 4.82. The largest absolute Gasteiger partial charge is 0.484 e. The fourth-order valence-corrected chi connectivity index (χ4v) is 3.93. The second-order valence-corrected chi connectivity index (χ2v) is 7.89.